The van der Waals surface area contributed by atoms with Crippen LogP contribution in [0.15, 0.2) is 29.1 Å². The average Bonchev–Trinajstić information content (AvgIpc) is 2.84. The molecule has 1 aromatic carbocycles. The third-order valence-corrected chi connectivity index (χ3v) is 3.21. The number of nitrogens with two attached hydrogens (primary N) is 1. The Morgan fingerprint density at radius 3 is 2.88 bits per heavy atom. The molecule has 0 aliphatic heterocycles. The molecule has 0 amide bonds. The minimum absolute atomic E-state index is 0.143. The third kappa shape index (κ3) is 2.46. The maximum Gasteiger partial charge on any atom is 0.124 e. The number of hydrogen-bond acceptors (Lipinski definition) is 5. The standard InChI is InChI=1S/C12H15N3OS/c1-8-3-4-11(16-2)9(5-8)12(15-13)10-6-17-7-14-10/h3-7,12,15H,13H2,1-2H3. The van der Waals surface area contributed by atoms with Crippen LogP contribution in [0.4, 0.5) is 0 Å². The van der Waals surface area contributed by atoms with Gasteiger partial charge in [-0.25, -0.2) is 10.4 Å². The summed E-state index contributed by atoms with van der Waals surface area (Å²) in [7, 11) is 1.66. The molecule has 2 aromatic rings. The first kappa shape index (κ1) is 12.0. The van der Waals surface area contributed by atoms with Crippen LogP contribution >= 0.6 is 11.3 Å². The van der Waals surface area contributed by atoms with Crippen LogP contribution < -0.4 is 16.0 Å². The highest BCUT2D eigenvalue weighted by Gasteiger charge is 2.18. The number of methoxy groups -OCH3 is 1. The Balaban J connectivity index is 2.46. The van der Waals surface area contributed by atoms with Crippen LogP contribution in [-0.2, 0) is 0 Å². The fourth-order valence-corrected chi connectivity index (χ4v) is 2.36. The topological polar surface area (TPSA) is 60.2 Å². The highest BCUT2D eigenvalue weighted by Crippen LogP contribution is 2.30. The van der Waals surface area contributed by atoms with Gasteiger partial charge in [-0.3, -0.25) is 5.84 Å². The van der Waals surface area contributed by atoms with E-state index in [9.17, 15) is 0 Å². The zero-order chi connectivity index (χ0) is 12.3. The molecule has 3 N–H and O–H groups in total. The number of hydrogen-bond donors (Lipinski definition) is 2. The lowest BCUT2D eigenvalue weighted by Gasteiger charge is -2.17. The van der Waals surface area contributed by atoms with Crippen molar-refractivity contribution in [3.05, 3.63) is 45.9 Å². The molecule has 17 heavy (non-hydrogen) atoms. The molecule has 0 aliphatic carbocycles. The van der Waals surface area contributed by atoms with Crippen LogP contribution in [0, 0.1) is 6.92 Å². The first-order valence-corrected chi connectivity index (χ1v) is 6.19. The molecular weight excluding hydrogens is 234 g/mol. The lowest BCUT2D eigenvalue weighted by molar-refractivity contribution is 0.403. The zero-order valence-electron chi connectivity index (χ0n) is 9.81. The summed E-state index contributed by atoms with van der Waals surface area (Å²) in [6.07, 6.45) is 0. The summed E-state index contributed by atoms with van der Waals surface area (Å²) in [5.41, 5.74) is 7.65. The molecule has 1 aromatic heterocycles. The Kier molecular flexibility index (Phi) is 3.73. The van der Waals surface area contributed by atoms with Crippen molar-refractivity contribution < 1.29 is 4.74 Å². The number of hydrazine groups is 1. The molecule has 0 aliphatic rings. The predicted molar refractivity (Wildman–Crippen MR) is 69.0 cm³/mol. The highest BCUT2D eigenvalue weighted by atomic mass is 32.1. The molecule has 4 nitrogen and oxygen atoms in total. The third-order valence-electron chi connectivity index (χ3n) is 2.61. The number of aryl methyl sites for hydroxylation is 1. The maximum atomic E-state index is 5.63. The molecule has 5 heteroatoms. The molecule has 0 bridgehead atoms. The van der Waals surface area contributed by atoms with Gasteiger partial charge in [0.25, 0.3) is 0 Å². The summed E-state index contributed by atoms with van der Waals surface area (Å²) in [4.78, 5) is 4.29. The van der Waals surface area contributed by atoms with Gasteiger partial charge < -0.3 is 4.74 Å². The molecular formula is C12H15N3OS. The normalized spacial score (nSPS) is 12.4. The van der Waals surface area contributed by atoms with Crippen molar-refractivity contribution in [1.82, 2.24) is 10.4 Å². The van der Waals surface area contributed by atoms with Crippen molar-refractivity contribution in [2.45, 2.75) is 13.0 Å². The molecule has 0 fully saturated rings. The van der Waals surface area contributed by atoms with E-state index in [4.69, 9.17) is 10.6 Å². The molecule has 90 valence electrons. The molecule has 0 spiro atoms. The quantitative estimate of drug-likeness (QED) is 0.643. The fraction of sp³-hybridized carbons (Fsp3) is 0.250. The van der Waals surface area contributed by atoms with Gasteiger partial charge in [0.1, 0.15) is 5.75 Å². The monoisotopic (exact) mass is 249 g/mol. The van der Waals surface area contributed by atoms with Crippen LogP contribution in [0.2, 0.25) is 0 Å². The van der Waals surface area contributed by atoms with E-state index < -0.39 is 0 Å². The Hall–Kier alpha value is -1.43. The van der Waals surface area contributed by atoms with E-state index in [0.29, 0.717) is 0 Å². The van der Waals surface area contributed by atoms with Crippen LogP contribution in [0.25, 0.3) is 0 Å². The summed E-state index contributed by atoms with van der Waals surface area (Å²) in [6, 6.07) is 5.87. The molecule has 2 rings (SSSR count). The summed E-state index contributed by atoms with van der Waals surface area (Å²) >= 11 is 1.55. The summed E-state index contributed by atoms with van der Waals surface area (Å²) < 4.78 is 5.36. The van der Waals surface area contributed by atoms with Gasteiger partial charge >= 0.3 is 0 Å². The average molecular weight is 249 g/mol. The van der Waals surface area contributed by atoms with Gasteiger partial charge in [-0.1, -0.05) is 17.7 Å². The first-order valence-electron chi connectivity index (χ1n) is 5.25. The number of rotatable bonds is 4. The van der Waals surface area contributed by atoms with Crippen molar-refractivity contribution in [2.24, 2.45) is 5.84 Å². The lowest BCUT2D eigenvalue weighted by atomic mass is 10.0. The van der Waals surface area contributed by atoms with Gasteiger partial charge in [0.15, 0.2) is 0 Å². The minimum Gasteiger partial charge on any atom is -0.496 e. The molecule has 1 unspecified atom stereocenters. The lowest BCUT2D eigenvalue weighted by Crippen LogP contribution is -2.29. The van der Waals surface area contributed by atoms with E-state index >= 15 is 0 Å². The van der Waals surface area contributed by atoms with E-state index in [1.54, 1.807) is 24.0 Å². The Bertz CT molecular complexity index is 485. The second-order valence-corrected chi connectivity index (χ2v) is 4.48. The van der Waals surface area contributed by atoms with E-state index in [1.165, 1.54) is 0 Å². The Morgan fingerprint density at radius 1 is 1.47 bits per heavy atom. The highest BCUT2D eigenvalue weighted by molar-refractivity contribution is 7.07. The molecule has 1 heterocycles. The van der Waals surface area contributed by atoms with Gasteiger partial charge in [-0.2, -0.15) is 0 Å². The van der Waals surface area contributed by atoms with Gasteiger partial charge in [0.05, 0.1) is 24.4 Å². The minimum atomic E-state index is -0.143. The molecule has 0 saturated heterocycles. The number of aromatic nitrogens is 1. The Labute approximate surface area is 104 Å². The van der Waals surface area contributed by atoms with Crippen LogP contribution in [0.5, 0.6) is 5.75 Å². The maximum absolute atomic E-state index is 5.63. The predicted octanol–water partition coefficient (Wildman–Crippen LogP) is 2.01. The SMILES string of the molecule is COc1ccc(C)cc1C(NN)c1cscn1. The van der Waals surface area contributed by atoms with Crippen LogP contribution in [0.3, 0.4) is 0 Å². The molecule has 0 radical (unpaired) electrons. The molecule has 1 atom stereocenters. The number of nitrogens with zero attached hydrogens (tertiary/aromatic N) is 1. The van der Waals surface area contributed by atoms with Crippen molar-refractivity contribution in [2.75, 3.05) is 7.11 Å². The van der Waals surface area contributed by atoms with Crippen molar-refractivity contribution in [3.63, 3.8) is 0 Å². The second-order valence-electron chi connectivity index (χ2n) is 3.76. The fourth-order valence-electron chi connectivity index (χ4n) is 1.78. The van der Waals surface area contributed by atoms with E-state index in [1.807, 2.05) is 24.4 Å². The summed E-state index contributed by atoms with van der Waals surface area (Å²) in [6.45, 7) is 2.04. The number of nitrogens with one attached hydrogen (secondary N) is 1. The van der Waals surface area contributed by atoms with Crippen molar-refractivity contribution in [3.8, 4) is 5.75 Å². The van der Waals surface area contributed by atoms with Crippen molar-refractivity contribution >= 4 is 11.3 Å². The second kappa shape index (κ2) is 5.27. The van der Waals surface area contributed by atoms with E-state index in [2.05, 4.69) is 16.5 Å². The number of ether oxygens (including phenoxy) is 1. The van der Waals surface area contributed by atoms with Crippen LogP contribution in [0.1, 0.15) is 22.9 Å². The van der Waals surface area contributed by atoms with Gasteiger partial charge in [-0.15, -0.1) is 11.3 Å². The number of thiazole rings is 1. The molecule has 0 saturated carbocycles. The summed E-state index contributed by atoms with van der Waals surface area (Å²) in [5.74, 6) is 6.44. The van der Waals surface area contributed by atoms with E-state index in [-0.39, 0.29) is 6.04 Å². The Morgan fingerprint density at radius 2 is 2.29 bits per heavy atom. The van der Waals surface area contributed by atoms with Gasteiger partial charge in [0, 0.05) is 10.9 Å². The van der Waals surface area contributed by atoms with E-state index in [0.717, 1.165) is 22.6 Å². The largest absolute Gasteiger partial charge is 0.496 e. The first-order chi connectivity index (χ1) is 8.26. The van der Waals surface area contributed by atoms with Gasteiger partial charge in [0.2, 0.25) is 0 Å². The summed E-state index contributed by atoms with van der Waals surface area (Å²) in [5, 5.41) is 1.98. The van der Waals surface area contributed by atoms with Crippen molar-refractivity contribution in [1.29, 1.82) is 0 Å². The number of benzene rings is 1. The van der Waals surface area contributed by atoms with Gasteiger partial charge in [-0.05, 0) is 13.0 Å². The van der Waals surface area contributed by atoms with Crippen LogP contribution in [-0.4, -0.2) is 12.1 Å². The zero-order valence-corrected chi connectivity index (χ0v) is 10.6. The smallest absolute Gasteiger partial charge is 0.124 e.